The molecule has 0 fully saturated rings. The van der Waals surface area contributed by atoms with Crippen molar-refractivity contribution >= 4 is 22.6 Å². The van der Waals surface area contributed by atoms with Crippen LogP contribution in [0.3, 0.4) is 0 Å². The zero-order chi connectivity index (χ0) is 8.97. The van der Waals surface area contributed by atoms with E-state index in [2.05, 4.69) is 14.7 Å². The van der Waals surface area contributed by atoms with E-state index >= 15 is 0 Å². The summed E-state index contributed by atoms with van der Waals surface area (Å²) in [6.45, 7) is 1.66. The molecule has 0 aliphatic carbocycles. The first-order valence-corrected chi connectivity index (χ1v) is 4.11. The molecule has 1 rings (SSSR count). The van der Waals surface area contributed by atoms with Crippen molar-refractivity contribution in [1.29, 1.82) is 0 Å². The number of aromatic nitrogens is 2. The van der Waals surface area contributed by atoms with Crippen LogP contribution in [0.2, 0.25) is 0 Å². The van der Waals surface area contributed by atoms with Gasteiger partial charge in [0.05, 0.1) is 0 Å². The lowest BCUT2D eigenvalue weighted by Gasteiger charge is -2.06. The fraction of sp³-hybridized carbons (Fsp3) is 0.500. The van der Waals surface area contributed by atoms with Crippen LogP contribution in [-0.4, -0.2) is 28.5 Å². The highest BCUT2D eigenvalue weighted by Gasteiger charge is 2.12. The minimum Gasteiger partial charge on any atom is -0.372 e. The van der Waals surface area contributed by atoms with Gasteiger partial charge >= 0.3 is 0 Å². The zero-order valence-electron chi connectivity index (χ0n) is 6.77. The smallest absolute Gasteiger partial charge is 0.255 e. The predicted octanol–water partition coefficient (Wildman–Crippen LogP) is 0.512. The van der Waals surface area contributed by atoms with Crippen molar-refractivity contribution < 1.29 is 9.53 Å². The molecule has 0 saturated heterocycles. The van der Waals surface area contributed by atoms with Gasteiger partial charge in [0.1, 0.15) is 12.4 Å². The fourth-order valence-corrected chi connectivity index (χ4v) is 0.977. The topological polar surface area (TPSA) is 64.1 Å². The summed E-state index contributed by atoms with van der Waals surface area (Å²) in [6.07, 6.45) is 0.923. The number of ether oxygens (including phenoxy) is 1. The van der Waals surface area contributed by atoms with E-state index in [1.165, 1.54) is 13.4 Å². The first-order valence-electron chi connectivity index (χ1n) is 3.34. The number of methoxy groups -OCH3 is 1. The van der Waals surface area contributed by atoms with Gasteiger partial charge in [-0.2, -0.15) is 4.37 Å². The third-order valence-electron chi connectivity index (χ3n) is 1.31. The molecule has 12 heavy (non-hydrogen) atoms. The highest BCUT2D eigenvalue weighted by atomic mass is 32.1. The summed E-state index contributed by atoms with van der Waals surface area (Å²) in [5.41, 5.74) is 0. The van der Waals surface area contributed by atoms with Gasteiger partial charge in [0, 0.05) is 18.6 Å². The van der Waals surface area contributed by atoms with E-state index < -0.39 is 6.10 Å². The molecule has 66 valence electrons. The average molecular weight is 187 g/mol. The van der Waals surface area contributed by atoms with Crippen molar-refractivity contribution in [3.8, 4) is 0 Å². The molecule has 1 N–H and O–H groups in total. The molecular weight excluding hydrogens is 178 g/mol. The molecular formula is C6H9N3O2S. The highest BCUT2D eigenvalue weighted by Crippen LogP contribution is 2.07. The number of anilines is 1. The SMILES string of the molecule is COC(C)C(=O)Nc1ncns1. The van der Waals surface area contributed by atoms with Crippen LogP contribution < -0.4 is 5.32 Å². The van der Waals surface area contributed by atoms with Crippen LogP contribution in [0, 0.1) is 0 Å². The summed E-state index contributed by atoms with van der Waals surface area (Å²) >= 11 is 1.13. The Morgan fingerprint density at radius 2 is 2.58 bits per heavy atom. The van der Waals surface area contributed by atoms with E-state index in [9.17, 15) is 4.79 Å². The van der Waals surface area contributed by atoms with E-state index in [4.69, 9.17) is 4.74 Å². The summed E-state index contributed by atoms with van der Waals surface area (Å²) in [7, 11) is 1.48. The number of carbonyl (C=O) groups excluding carboxylic acids is 1. The Hall–Kier alpha value is -1.01. The van der Waals surface area contributed by atoms with Crippen LogP contribution in [0.25, 0.3) is 0 Å². The largest absolute Gasteiger partial charge is 0.372 e. The van der Waals surface area contributed by atoms with Crippen LogP contribution in [0.5, 0.6) is 0 Å². The van der Waals surface area contributed by atoms with E-state index in [-0.39, 0.29) is 5.91 Å². The molecule has 6 heteroatoms. The molecule has 0 saturated carbocycles. The van der Waals surface area contributed by atoms with Crippen molar-refractivity contribution in [3.05, 3.63) is 6.33 Å². The van der Waals surface area contributed by atoms with Crippen LogP contribution >= 0.6 is 11.5 Å². The summed E-state index contributed by atoms with van der Waals surface area (Å²) in [5, 5.41) is 3.04. The molecule has 1 unspecified atom stereocenters. The molecule has 1 atom stereocenters. The molecule has 5 nitrogen and oxygen atoms in total. The Bertz CT molecular complexity index is 249. The van der Waals surface area contributed by atoms with Gasteiger partial charge in [-0.3, -0.25) is 10.1 Å². The molecule has 0 aliphatic rings. The van der Waals surface area contributed by atoms with Crippen molar-refractivity contribution in [2.24, 2.45) is 0 Å². The third-order valence-corrected chi connectivity index (χ3v) is 1.89. The summed E-state index contributed by atoms with van der Waals surface area (Å²) < 4.78 is 8.54. The van der Waals surface area contributed by atoms with E-state index in [1.807, 2.05) is 0 Å². The normalized spacial score (nSPS) is 12.5. The summed E-state index contributed by atoms with van der Waals surface area (Å²) in [4.78, 5) is 14.9. The minimum absolute atomic E-state index is 0.214. The number of carbonyl (C=O) groups is 1. The number of hydrogen-bond donors (Lipinski definition) is 1. The number of rotatable bonds is 3. The highest BCUT2D eigenvalue weighted by molar-refractivity contribution is 7.09. The van der Waals surface area contributed by atoms with E-state index in [0.29, 0.717) is 5.13 Å². The third kappa shape index (κ3) is 2.24. The van der Waals surface area contributed by atoms with Crippen molar-refractivity contribution in [3.63, 3.8) is 0 Å². The quantitative estimate of drug-likeness (QED) is 0.748. The summed E-state index contributed by atoms with van der Waals surface area (Å²) in [5.74, 6) is -0.214. The molecule has 0 aromatic carbocycles. The maximum Gasteiger partial charge on any atom is 0.255 e. The first kappa shape index (κ1) is 9.08. The van der Waals surface area contributed by atoms with Gasteiger partial charge in [0.2, 0.25) is 5.13 Å². The Morgan fingerprint density at radius 1 is 1.83 bits per heavy atom. The Balaban J connectivity index is 2.47. The number of hydrogen-bond acceptors (Lipinski definition) is 5. The molecule has 1 heterocycles. The lowest BCUT2D eigenvalue weighted by Crippen LogP contribution is -2.26. The Kier molecular flexibility index (Phi) is 3.12. The zero-order valence-corrected chi connectivity index (χ0v) is 7.59. The first-order chi connectivity index (χ1) is 5.74. The lowest BCUT2D eigenvalue weighted by molar-refractivity contribution is -0.124. The average Bonchev–Trinajstić information content (AvgIpc) is 2.55. The number of amides is 1. The van der Waals surface area contributed by atoms with Gasteiger partial charge in [-0.1, -0.05) is 0 Å². The van der Waals surface area contributed by atoms with Crippen LogP contribution in [-0.2, 0) is 9.53 Å². The molecule has 0 radical (unpaired) electrons. The second kappa shape index (κ2) is 4.13. The van der Waals surface area contributed by atoms with Crippen molar-refractivity contribution in [1.82, 2.24) is 9.36 Å². The molecule has 0 aliphatic heterocycles. The second-order valence-corrected chi connectivity index (χ2v) is 2.89. The van der Waals surface area contributed by atoms with Gasteiger partial charge in [-0.05, 0) is 6.92 Å². The van der Waals surface area contributed by atoms with Gasteiger partial charge in [-0.25, -0.2) is 4.98 Å². The second-order valence-electron chi connectivity index (χ2n) is 2.11. The van der Waals surface area contributed by atoms with Gasteiger partial charge in [0.15, 0.2) is 0 Å². The maximum absolute atomic E-state index is 11.1. The molecule has 0 spiro atoms. The minimum atomic E-state index is -0.464. The van der Waals surface area contributed by atoms with Gasteiger partial charge < -0.3 is 4.74 Å². The van der Waals surface area contributed by atoms with Crippen LogP contribution in [0.1, 0.15) is 6.92 Å². The molecule has 1 aromatic rings. The molecule has 0 bridgehead atoms. The van der Waals surface area contributed by atoms with Crippen molar-refractivity contribution in [2.45, 2.75) is 13.0 Å². The van der Waals surface area contributed by atoms with Crippen molar-refractivity contribution in [2.75, 3.05) is 12.4 Å². The number of nitrogens with zero attached hydrogens (tertiary/aromatic N) is 2. The van der Waals surface area contributed by atoms with Crippen LogP contribution in [0.15, 0.2) is 6.33 Å². The van der Waals surface area contributed by atoms with E-state index in [1.54, 1.807) is 6.92 Å². The lowest BCUT2D eigenvalue weighted by atomic mass is 10.4. The monoisotopic (exact) mass is 187 g/mol. The molecule has 1 amide bonds. The van der Waals surface area contributed by atoms with Gasteiger partial charge in [0.25, 0.3) is 5.91 Å². The molecule has 1 aromatic heterocycles. The Labute approximate surface area is 73.9 Å². The fourth-order valence-electron chi connectivity index (χ4n) is 0.542. The Morgan fingerprint density at radius 3 is 3.08 bits per heavy atom. The maximum atomic E-state index is 11.1. The van der Waals surface area contributed by atoms with E-state index in [0.717, 1.165) is 11.5 Å². The van der Waals surface area contributed by atoms with Crippen LogP contribution in [0.4, 0.5) is 5.13 Å². The standard InChI is InChI=1S/C6H9N3O2S/c1-4(11-2)5(10)9-6-7-3-8-12-6/h3-4H,1-2H3,(H,7,8,9,10). The van der Waals surface area contributed by atoms with Gasteiger partial charge in [-0.15, -0.1) is 0 Å². The summed E-state index contributed by atoms with van der Waals surface area (Å²) in [6, 6.07) is 0. The number of nitrogens with one attached hydrogen (secondary N) is 1. The predicted molar refractivity (Wildman–Crippen MR) is 45.0 cm³/mol.